The third kappa shape index (κ3) is 2.02. The van der Waals surface area contributed by atoms with Crippen LogP contribution in [0.15, 0.2) is 30.5 Å². The Hall–Kier alpha value is -1.75. The van der Waals surface area contributed by atoms with Crippen molar-refractivity contribution in [3.63, 3.8) is 0 Å². The summed E-state index contributed by atoms with van der Waals surface area (Å²) in [6.07, 6.45) is 4.52. The summed E-state index contributed by atoms with van der Waals surface area (Å²) in [4.78, 5) is 2.50. The Morgan fingerprint density at radius 3 is 2.50 bits per heavy atom. The molecule has 0 radical (unpaired) electrons. The molecular weight excluding hydrogens is 255 g/mol. The van der Waals surface area contributed by atoms with Crippen molar-refractivity contribution in [3.05, 3.63) is 36.3 Å². The van der Waals surface area contributed by atoms with Crippen molar-refractivity contribution in [2.24, 2.45) is 5.92 Å². The lowest BCUT2D eigenvalue weighted by atomic mass is 9.84. The normalized spacial score (nSPS) is 28.8. The maximum Gasteiger partial charge on any atom is 0.123 e. The Morgan fingerprint density at radius 2 is 1.85 bits per heavy atom. The molecule has 1 aromatic heterocycles. The number of hydrogen-bond donors (Lipinski definition) is 0. The van der Waals surface area contributed by atoms with E-state index in [-0.39, 0.29) is 5.82 Å². The van der Waals surface area contributed by atoms with Crippen LogP contribution in [-0.4, -0.2) is 39.5 Å². The minimum absolute atomic E-state index is 0.224. The van der Waals surface area contributed by atoms with Crippen LogP contribution in [0.1, 0.15) is 18.9 Å². The molecule has 4 nitrogen and oxygen atoms in total. The monoisotopic (exact) mass is 272 g/mol. The van der Waals surface area contributed by atoms with Crippen LogP contribution in [-0.2, 0) is 0 Å². The second-order valence-electron chi connectivity index (χ2n) is 5.80. The van der Waals surface area contributed by atoms with Crippen molar-refractivity contribution >= 4 is 0 Å². The highest BCUT2D eigenvalue weighted by atomic mass is 19.1. The number of nitrogens with zero attached hydrogens (tertiary/aromatic N) is 4. The quantitative estimate of drug-likeness (QED) is 0.841. The average molecular weight is 272 g/mol. The van der Waals surface area contributed by atoms with Gasteiger partial charge >= 0.3 is 0 Å². The third-order valence-electron chi connectivity index (χ3n) is 4.61. The molecule has 1 atom stereocenters. The number of benzene rings is 1. The van der Waals surface area contributed by atoms with Gasteiger partial charge in [0, 0.05) is 12.1 Å². The van der Waals surface area contributed by atoms with Crippen molar-refractivity contribution in [3.8, 4) is 11.3 Å². The van der Waals surface area contributed by atoms with E-state index in [9.17, 15) is 4.39 Å². The van der Waals surface area contributed by atoms with Gasteiger partial charge in [0.25, 0.3) is 0 Å². The molecule has 3 saturated heterocycles. The van der Waals surface area contributed by atoms with Gasteiger partial charge in [0.05, 0.1) is 12.2 Å². The number of aromatic nitrogens is 3. The summed E-state index contributed by atoms with van der Waals surface area (Å²) < 4.78 is 15.0. The molecule has 20 heavy (non-hydrogen) atoms. The molecule has 104 valence electrons. The number of rotatable bonds is 2. The fraction of sp³-hybridized carbons (Fsp3) is 0.467. The standard InChI is InChI=1S/C15H17FN4/c16-13-3-1-11(2-4-13)14-9-20(18-17-14)15-10-19-7-5-12(15)6-8-19/h1-4,9,12,15H,5-8,10H2. The van der Waals surface area contributed by atoms with Crippen LogP contribution >= 0.6 is 0 Å². The molecule has 0 spiro atoms. The lowest BCUT2D eigenvalue weighted by Gasteiger charge is -2.44. The van der Waals surface area contributed by atoms with Gasteiger partial charge in [-0.1, -0.05) is 5.21 Å². The maximum atomic E-state index is 13.0. The van der Waals surface area contributed by atoms with Crippen molar-refractivity contribution in [2.75, 3.05) is 19.6 Å². The predicted octanol–water partition coefficient (Wildman–Crippen LogP) is 2.35. The van der Waals surface area contributed by atoms with Crippen LogP contribution < -0.4 is 0 Å². The van der Waals surface area contributed by atoms with Crippen molar-refractivity contribution < 1.29 is 4.39 Å². The van der Waals surface area contributed by atoms with Crippen LogP contribution in [0.4, 0.5) is 4.39 Å². The fourth-order valence-corrected chi connectivity index (χ4v) is 3.43. The van der Waals surface area contributed by atoms with E-state index in [2.05, 4.69) is 15.2 Å². The topological polar surface area (TPSA) is 34.0 Å². The number of hydrogen-bond acceptors (Lipinski definition) is 3. The summed E-state index contributed by atoms with van der Waals surface area (Å²) in [7, 11) is 0. The van der Waals surface area contributed by atoms with Crippen LogP contribution in [0.3, 0.4) is 0 Å². The first kappa shape index (κ1) is 12.0. The van der Waals surface area contributed by atoms with E-state index >= 15 is 0 Å². The highest BCUT2D eigenvalue weighted by Gasteiger charge is 2.35. The second kappa shape index (κ2) is 4.66. The number of halogens is 1. The van der Waals surface area contributed by atoms with Gasteiger partial charge in [0.1, 0.15) is 11.5 Å². The Morgan fingerprint density at radius 1 is 1.10 bits per heavy atom. The lowest BCUT2D eigenvalue weighted by molar-refractivity contribution is 0.0504. The summed E-state index contributed by atoms with van der Waals surface area (Å²) in [6, 6.07) is 6.87. The molecule has 4 heterocycles. The molecule has 0 saturated carbocycles. The minimum Gasteiger partial charge on any atom is -0.301 e. The molecule has 5 heteroatoms. The second-order valence-corrected chi connectivity index (χ2v) is 5.80. The molecule has 0 amide bonds. The van der Waals surface area contributed by atoms with Gasteiger partial charge in [-0.25, -0.2) is 9.07 Å². The molecule has 3 aliphatic heterocycles. The maximum absolute atomic E-state index is 13.0. The van der Waals surface area contributed by atoms with Crippen molar-refractivity contribution in [1.82, 2.24) is 19.9 Å². The molecule has 2 aromatic rings. The lowest BCUT2D eigenvalue weighted by Crippen LogP contribution is -2.48. The molecule has 1 aromatic carbocycles. The van der Waals surface area contributed by atoms with E-state index in [1.807, 2.05) is 10.9 Å². The Kier molecular flexibility index (Phi) is 2.80. The van der Waals surface area contributed by atoms with Crippen molar-refractivity contribution in [2.45, 2.75) is 18.9 Å². The summed E-state index contributed by atoms with van der Waals surface area (Å²) in [5, 5.41) is 8.55. The van der Waals surface area contributed by atoms with E-state index in [1.165, 1.54) is 38.1 Å². The molecular formula is C15H17FN4. The summed E-state index contributed by atoms with van der Waals surface area (Å²) in [5.41, 5.74) is 1.74. The van der Waals surface area contributed by atoms with Gasteiger partial charge in [0.2, 0.25) is 0 Å². The number of piperidine rings is 3. The first-order valence-corrected chi connectivity index (χ1v) is 7.20. The first-order valence-electron chi connectivity index (χ1n) is 7.20. The Labute approximate surface area is 117 Å². The smallest absolute Gasteiger partial charge is 0.123 e. The van der Waals surface area contributed by atoms with Crippen LogP contribution in [0.25, 0.3) is 11.3 Å². The van der Waals surface area contributed by atoms with E-state index in [0.29, 0.717) is 6.04 Å². The van der Waals surface area contributed by atoms with Crippen LogP contribution in [0, 0.1) is 11.7 Å². The van der Waals surface area contributed by atoms with Gasteiger partial charge in [-0.15, -0.1) is 5.10 Å². The van der Waals surface area contributed by atoms with Gasteiger partial charge in [-0.05, 0) is 56.1 Å². The zero-order valence-corrected chi connectivity index (χ0v) is 11.2. The van der Waals surface area contributed by atoms with Gasteiger partial charge in [-0.3, -0.25) is 0 Å². The van der Waals surface area contributed by atoms with Gasteiger partial charge in [-0.2, -0.15) is 0 Å². The van der Waals surface area contributed by atoms with Gasteiger partial charge in [0.15, 0.2) is 0 Å². The Balaban J connectivity index is 1.60. The molecule has 3 fully saturated rings. The molecule has 0 N–H and O–H groups in total. The minimum atomic E-state index is -0.224. The largest absolute Gasteiger partial charge is 0.301 e. The zero-order valence-electron chi connectivity index (χ0n) is 11.2. The zero-order chi connectivity index (χ0) is 13.5. The number of fused-ring (bicyclic) bond motifs is 3. The van der Waals surface area contributed by atoms with Crippen molar-refractivity contribution in [1.29, 1.82) is 0 Å². The predicted molar refractivity (Wildman–Crippen MR) is 73.6 cm³/mol. The van der Waals surface area contributed by atoms with E-state index in [0.717, 1.165) is 23.7 Å². The molecule has 3 aliphatic rings. The molecule has 1 unspecified atom stereocenters. The summed E-state index contributed by atoms with van der Waals surface area (Å²) in [6.45, 7) is 3.53. The first-order chi connectivity index (χ1) is 9.79. The van der Waals surface area contributed by atoms with Gasteiger partial charge < -0.3 is 4.90 Å². The van der Waals surface area contributed by atoms with Crippen LogP contribution in [0.5, 0.6) is 0 Å². The van der Waals surface area contributed by atoms with E-state index in [4.69, 9.17) is 0 Å². The fourth-order valence-electron chi connectivity index (χ4n) is 3.43. The molecule has 5 rings (SSSR count). The third-order valence-corrected chi connectivity index (χ3v) is 4.61. The summed E-state index contributed by atoms with van der Waals surface area (Å²) >= 11 is 0. The SMILES string of the molecule is Fc1ccc(-c2cn(C3CN4CCC3CC4)nn2)cc1. The highest BCUT2D eigenvalue weighted by Crippen LogP contribution is 2.35. The average Bonchev–Trinajstić information content (AvgIpc) is 2.99. The summed E-state index contributed by atoms with van der Waals surface area (Å²) in [5.74, 6) is 0.501. The van der Waals surface area contributed by atoms with E-state index < -0.39 is 0 Å². The molecule has 0 aliphatic carbocycles. The Bertz CT molecular complexity index is 599. The van der Waals surface area contributed by atoms with Crippen LogP contribution in [0.2, 0.25) is 0 Å². The molecule has 2 bridgehead atoms. The highest BCUT2D eigenvalue weighted by molar-refractivity contribution is 5.57. The van der Waals surface area contributed by atoms with E-state index in [1.54, 1.807) is 12.1 Å².